The molecule has 0 saturated heterocycles. The molecule has 1 aliphatic carbocycles. The second-order valence-electron chi connectivity index (χ2n) is 5.56. The lowest BCUT2D eigenvalue weighted by molar-refractivity contribution is 0.0149. The van der Waals surface area contributed by atoms with E-state index in [-0.39, 0.29) is 0 Å². The smallest absolute Gasteiger partial charge is 0.105 e. The summed E-state index contributed by atoms with van der Waals surface area (Å²) in [5, 5.41) is 25.9. The fourth-order valence-corrected chi connectivity index (χ4v) is 3.18. The summed E-state index contributed by atoms with van der Waals surface area (Å²) in [6.07, 6.45) is 1.14. The van der Waals surface area contributed by atoms with Crippen LogP contribution in [0.25, 0.3) is 10.8 Å². The first-order valence-corrected chi connectivity index (χ1v) is 7.26. The first-order chi connectivity index (χ1) is 9.72. The van der Waals surface area contributed by atoms with Crippen molar-refractivity contribution in [3.8, 4) is 0 Å². The minimum atomic E-state index is -0.826. The highest BCUT2D eigenvalue weighted by Crippen LogP contribution is 2.35. The van der Waals surface area contributed by atoms with E-state index < -0.39 is 12.2 Å². The van der Waals surface area contributed by atoms with Gasteiger partial charge in [-0.25, -0.2) is 0 Å². The van der Waals surface area contributed by atoms with Crippen LogP contribution in [0.2, 0.25) is 0 Å². The average Bonchev–Trinajstić information content (AvgIpc) is 2.90. The van der Waals surface area contributed by atoms with Crippen LogP contribution in [0.5, 0.6) is 0 Å². The van der Waals surface area contributed by atoms with Gasteiger partial charge in [-0.15, -0.1) is 0 Å². The number of nitrogens with one attached hydrogen (secondary N) is 1. The van der Waals surface area contributed by atoms with Crippen molar-refractivity contribution >= 4 is 10.8 Å². The summed E-state index contributed by atoms with van der Waals surface area (Å²) in [5.41, 5.74) is 3.56. The van der Waals surface area contributed by atoms with Crippen LogP contribution in [0.1, 0.15) is 29.2 Å². The van der Waals surface area contributed by atoms with E-state index in [1.807, 2.05) is 19.2 Å². The van der Waals surface area contributed by atoms with E-state index in [1.54, 1.807) is 0 Å². The van der Waals surface area contributed by atoms with Crippen LogP contribution in [0.4, 0.5) is 0 Å². The molecule has 0 spiro atoms. The molecular weight excluding hydrogens is 250 g/mol. The van der Waals surface area contributed by atoms with Gasteiger partial charge in [0, 0.05) is 0 Å². The fraction of sp³-hybridized carbons (Fsp3) is 0.412. The number of hydrogen-bond acceptors (Lipinski definition) is 3. The van der Waals surface area contributed by atoms with Gasteiger partial charge in [-0.05, 0) is 60.3 Å². The van der Waals surface area contributed by atoms with Gasteiger partial charge in [-0.2, -0.15) is 0 Å². The maximum Gasteiger partial charge on any atom is 0.105 e. The Kier molecular flexibility index (Phi) is 3.74. The van der Waals surface area contributed by atoms with Crippen molar-refractivity contribution in [3.63, 3.8) is 0 Å². The summed E-state index contributed by atoms with van der Waals surface area (Å²) in [6.45, 7) is 0.694. The lowest BCUT2D eigenvalue weighted by Gasteiger charge is -2.20. The quantitative estimate of drug-likeness (QED) is 0.779. The molecular formula is C17H21NO2. The van der Waals surface area contributed by atoms with Crippen LogP contribution in [-0.2, 0) is 12.8 Å². The van der Waals surface area contributed by atoms with Crippen LogP contribution >= 0.6 is 0 Å². The molecule has 2 aromatic rings. The highest BCUT2D eigenvalue weighted by atomic mass is 16.3. The molecule has 0 bridgehead atoms. The Morgan fingerprint density at radius 3 is 2.60 bits per heavy atom. The third kappa shape index (κ3) is 2.22. The van der Waals surface area contributed by atoms with Gasteiger partial charge in [-0.3, -0.25) is 0 Å². The number of benzene rings is 2. The molecule has 0 radical (unpaired) electrons. The zero-order chi connectivity index (χ0) is 14.1. The van der Waals surface area contributed by atoms with Gasteiger partial charge >= 0.3 is 0 Å². The summed E-state index contributed by atoms with van der Waals surface area (Å²) < 4.78 is 0. The highest BCUT2D eigenvalue weighted by Gasteiger charge is 2.23. The number of aliphatic hydroxyl groups excluding tert-OH is 2. The molecule has 0 aromatic heterocycles. The monoisotopic (exact) mass is 271 g/mol. The predicted octanol–water partition coefficient (Wildman–Crippen LogP) is 1.94. The molecule has 0 aliphatic heterocycles. The van der Waals surface area contributed by atoms with Gasteiger partial charge in [0.05, 0.1) is 6.10 Å². The van der Waals surface area contributed by atoms with Gasteiger partial charge in [-0.1, -0.05) is 30.3 Å². The SMILES string of the molecule is CNCCC(O)C(O)c1ccc2c3c(cccc13)CC2. The van der Waals surface area contributed by atoms with Gasteiger partial charge in [0.2, 0.25) is 0 Å². The molecule has 3 rings (SSSR count). The Bertz CT molecular complexity index is 613. The Hall–Kier alpha value is -1.42. The van der Waals surface area contributed by atoms with Crippen molar-refractivity contribution in [1.82, 2.24) is 5.32 Å². The van der Waals surface area contributed by atoms with E-state index in [1.165, 1.54) is 16.5 Å². The van der Waals surface area contributed by atoms with Gasteiger partial charge in [0.25, 0.3) is 0 Å². The molecule has 2 unspecified atom stereocenters. The number of aliphatic hydroxyl groups is 2. The normalized spacial score (nSPS) is 16.6. The van der Waals surface area contributed by atoms with Crippen LogP contribution in [0.15, 0.2) is 30.3 Å². The van der Waals surface area contributed by atoms with Crippen molar-refractivity contribution in [3.05, 3.63) is 47.0 Å². The second kappa shape index (κ2) is 5.52. The third-order valence-electron chi connectivity index (χ3n) is 4.28. The topological polar surface area (TPSA) is 52.5 Å². The summed E-state index contributed by atoms with van der Waals surface area (Å²) in [4.78, 5) is 0. The number of rotatable bonds is 5. The molecule has 3 nitrogen and oxygen atoms in total. The highest BCUT2D eigenvalue weighted by molar-refractivity contribution is 5.93. The minimum absolute atomic E-state index is 0.542. The molecule has 20 heavy (non-hydrogen) atoms. The second-order valence-corrected chi connectivity index (χ2v) is 5.56. The lowest BCUT2D eigenvalue weighted by atomic mass is 9.93. The molecule has 1 aliphatic rings. The van der Waals surface area contributed by atoms with Crippen molar-refractivity contribution in [2.75, 3.05) is 13.6 Å². The van der Waals surface area contributed by atoms with E-state index in [9.17, 15) is 10.2 Å². The van der Waals surface area contributed by atoms with Gasteiger partial charge in [0.15, 0.2) is 0 Å². The van der Waals surface area contributed by atoms with Crippen LogP contribution in [-0.4, -0.2) is 29.9 Å². The molecule has 0 amide bonds. The summed E-state index contributed by atoms with van der Waals surface area (Å²) in [7, 11) is 1.85. The molecule has 2 aromatic carbocycles. The van der Waals surface area contributed by atoms with E-state index in [0.29, 0.717) is 13.0 Å². The van der Waals surface area contributed by atoms with Crippen molar-refractivity contribution in [1.29, 1.82) is 0 Å². The van der Waals surface area contributed by atoms with E-state index in [2.05, 4.69) is 23.5 Å². The minimum Gasteiger partial charge on any atom is -0.390 e. The molecule has 3 N–H and O–H groups in total. The molecule has 0 fully saturated rings. The van der Waals surface area contributed by atoms with E-state index in [4.69, 9.17) is 0 Å². The molecule has 106 valence electrons. The standard InChI is InChI=1S/C17H21NO2/c1-18-10-9-15(19)17(20)14-8-7-12-6-5-11-3-2-4-13(14)16(11)12/h2-4,7-8,15,17-20H,5-6,9-10H2,1H3. The summed E-state index contributed by atoms with van der Waals surface area (Å²) in [6, 6.07) is 10.3. The molecule has 2 atom stereocenters. The average molecular weight is 271 g/mol. The van der Waals surface area contributed by atoms with Crippen molar-refractivity contribution in [2.45, 2.75) is 31.5 Å². The molecule has 0 saturated carbocycles. The Labute approximate surface area is 119 Å². The number of aryl methyl sites for hydroxylation is 2. The van der Waals surface area contributed by atoms with Gasteiger partial charge in [0.1, 0.15) is 6.10 Å². The van der Waals surface area contributed by atoms with E-state index in [0.717, 1.165) is 23.8 Å². The maximum absolute atomic E-state index is 10.4. The Balaban J connectivity index is 2.00. The summed E-state index contributed by atoms with van der Waals surface area (Å²) >= 11 is 0. The van der Waals surface area contributed by atoms with Crippen LogP contribution < -0.4 is 5.32 Å². The maximum atomic E-state index is 10.4. The van der Waals surface area contributed by atoms with Crippen LogP contribution in [0.3, 0.4) is 0 Å². The van der Waals surface area contributed by atoms with Gasteiger partial charge < -0.3 is 15.5 Å². The molecule has 0 heterocycles. The first kappa shape index (κ1) is 13.6. The zero-order valence-corrected chi connectivity index (χ0v) is 11.8. The van der Waals surface area contributed by atoms with Crippen molar-refractivity contribution in [2.24, 2.45) is 0 Å². The predicted molar refractivity (Wildman–Crippen MR) is 80.9 cm³/mol. The number of hydrogen-bond donors (Lipinski definition) is 3. The van der Waals surface area contributed by atoms with E-state index >= 15 is 0 Å². The van der Waals surface area contributed by atoms with Crippen LogP contribution in [0, 0.1) is 0 Å². The third-order valence-corrected chi connectivity index (χ3v) is 4.28. The molecule has 3 heteroatoms. The Morgan fingerprint density at radius 2 is 1.85 bits per heavy atom. The zero-order valence-electron chi connectivity index (χ0n) is 11.8. The summed E-state index contributed by atoms with van der Waals surface area (Å²) in [5.74, 6) is 0. The lowest BCUT2D eigenvalue weighted by Crippen LogP contribution is -2.23. The Morgan fingerprint density at radius 1 is 1.10 bits per heavy atom. The largest absolute Gasteiger partial charge is 0.390 e. The van der Waals surface area contributed by atoms with Crippen molar-refractivity contribution < 1.29 is 10.2 Å². The first-order valence-electron chi connectivity index (χ1n) is 7.26. The fourth-order valence-electron chi connectivity index (χ4n) is 3.18.